The topological polar surface area (TPSA) is 66.8 Å². The van der Waals surface area contributed by atoms with E-state index in [-0.39, 0.29) is 12.0 Å². The highest BCUT2D eigenvalue weighted by atomic mass is 16.5. The largest absolute Gasteiger partial charge is 0.481 e. The first-order valence-electron chi connectivity index (χ1n) is 6.54. The number of nitrogens with zero attached hydrogens (tertiary/aromatic N) is 1. The molecule has 2 bridgehead atoms. The number of carbonyl (C=O) groups is 2. The van der Waals surface area contributed by atoms with E-state index in [2.05, 4.69) is 0 Å². The van der Waals surface area contributed by atoms with E-state index < -0.39 is 23.9 Å². The van der Waals surface area contributed by atoms with Crippen LogP contribution in [0.2, 0.25) is 0 Å². The normalized spacial score (nSPS) is 38.1. The van der Waals surface area contributed by atoms with Crippen molar-refractivity contribution >= 4 is 11.9 Å². The Bertz CT molecular complexity index is 400. The van der Waals surface area contributed by atoms with Gasteiger partial charge in [-0.1, -0.05) is 12.2 Å². The SMILES string of the molecule is O=C(O)[C@@H]1[C@@H](C(=O)N2CCCCC2)[C@H]2C=C[C@H]1O2. The molecule has 3 heterocycles. The third-order valence-electron chi connectivity index (χ3n) is 4.14. The van der Waals surface area contributed by atoms with Crippen molar-refractivity contribution in [2.75, 3.05) is 13.1 Å². The molecule has 5 nitrogen and oxygen atoms in total. The van der Waals surface area contributed by atoms with Crippen LogP contribution in [0.1, 0.15) is 19.3 Å². The van der Waals surface area contributed by atoms with E-state index in [1.54, 1.807) is 6.08 Å². The van der Waals surface area contributed by atoms with Crippen LogP contribution in [0.25, 0.3) is 0 Å². The summed E-state index contributed by atoms with van der Waals surface area (Å²) >= 11 is 0. The molecule has 0 aromatic carbocycles. The lowest BCUT2D eigenvalue weighted by Gasteiger charge is -2.31. The maximum Gasteiger partial charge on any atom is 0.310 e. The van der Waals surface area contributed by atoms with Crippen LogP contribution in [-0.4, -0.2) is 47.2 Å². The molecule has 98 valence electrons. The van der Waals surface area contributed by atoms with Crippen LogP contribution < -0.4 is 0 Å². The maximum atomic E-state index is 12.5. The molecule has 3 aliphatic heterocycles. The number of carboxylic acids is 1. The van der Waals surface area contributed by atoms with Crippen molar-refractivity contribution in [2.45, 2.75) is 31.5 Å². The Hall–Kier alpha value is -1.36. The summed E-state index contributed by atoms with van der Waals surface area (Å²) in [6.45, 7) is 1.51. The number of amides is 1. The number of piperidine rings is 1. The Morgan fingerprint density at radius 2 is 1.67 bits per heavy atom. The molecule has 3 aliphatic rings. The van der Waals surface area contributed by atoms with Gasteiger partial charge in [0.2, 0.25) is 5.91 Å². The summed E-state index contributed by atoms with van der Waals surface area (Å²) in [4.78, 5) is 25.6. The van der Waals surface area contributed by atoms with Crippen molar-refractivity contribution in [1.82, 2.24) is 4.90 Å². The predicted octanol–water partition coefficient (Wildman–Crippen LogP) is 0.653. The third kappa shape index (κ3) is 1.73. The number of hydrogen-bond donors (Lipinski definition) is 1. The van der Waals surface area contributed by atoms with Gasteiger partial charge in [0.05, 0.1) is 18.1 Å². The number of aliphatic carboxylic acids is 1. The zero-order valence-electron chi connectivity index (χ0n) is 10.1. The first kappa shape index (κ1) is 11.7. The quantitative estimate of drug-likeness (QED) is 0.732. The Morgan fingerprint density at radius 1 is 1.06 bits per heavy atom. The highest BCUT2D eigenvalue weighted by Crippen LogP contribution is 2.40. The lowest BCUT2D eigenvalue weighted by Crippen LogP contribution is -2.46. The highest BCUT2D eigenvalue weighted by molar-refractivity contribution is 5.87. The number of ether oxygens (including phenoxy) is 1. The van der Waals surface area contributed by atoms with Crippen LogP contribution in [0, 0.1) is 11.8 Å². The van der Waals surface area contributed by atoms with Crippen molar-refractivity contribution in [3.05, 3.63) is 12.2 Å². The van der Waals surface area contributed by atoms with Crippen LogP contribution in [-0.2, 0) is 14.3 Å². The highest BCUT2D eigenvalue weighted by Gasteiger charge is 2.54. The lowest BCUT2D eigenvalue weighted by atomic mass is 9.82. The second kappa shape index (κ2) is 4.39. The number of hydrogen-bond acceptors (Lipinski definition) is 3. The van der Waals surface area contributed by atoms with E-state index in [0.717, 1.165) is 32.4 Å². The van der Waals surface area contributed by atoms with Crippen LogP contribution in [0.15, 0.2) is 12.2 Å². The molecule has 0 spiro atoms. The molecule has 0 unspecified atom stereocenters. The van der Waals surface area contributed by atoms with Gasteiger partial charge in [0.15, 0.2) is 0 Å². The van der Waals surface area contributed by atoms with Crippen molar-refractivity contribution in [2.24, 2.45) is 11.8 Å². The summed E-state index contributed by atoms with van der Waals surface area (Å²) in [6.07, 6.45) is 6.01. The van der Waals surface area contributed by atoms with Crippen LogP contribution >= 0.6 is 0 Å². The van der Waals surface area contributed by atoms with Gasteiger partial charge in [-0.3, -0.25) is 9.59 Å². The van der Waals surface area contributed by atoms with Crippen LogP contribution in [0.5, 0.6) is 0 Å². The van der Waals surface area contributed by atoms with Gasteiger partial charge in [0.1, 0.15) is 5.92 Å². The predicted molar refractivity (Wildman–Crippen MR) is 62.8 cm³/mol. The van der Waals surface area contributed by atoms with E-state index in [9.17, 15) is 14.7 Å². The van der Waals surface area contributed by atoms with Gasteiger partial charge in [-0.15, -0.1) is 0 Å². The van der Waals surface area contributed by atoms with Gasteiger partial charge >= 0.3 is 5.97 Å². The molecule has 1 amide bonds. The number of rotatable bonds is 2. The second-order valence-corrected chi connectivity index (χ2v) is 5.23. The van der Waals surface area contributed by atoms with Gasteiger partial charge in [0.25, 0.3) is 0 Å². The molecule has 0 aliphatic carbocycles. The minimum Gasteiger partial charge on any atom is -0.481 e. The molecule has 0 radical (unpaired) electrons. The zero-order valence-corrected chi connectivity index (χ0v) is 10.1. The molecule has 0 aromatic heterocycles. The van der Waals surface area contributed by atoms with Gasteiger partial charge < -0.3 is 14.7 Å². The fourth-order valence-corrected chi connectivity index (χ4v) is 3.22. The number of carboxylic acid groups (broad SMARTS) is 1. The molecule has 0 saturated carbocycles. The van der Waals surface area contributed by atoms with E-state index in [4.69, 9.17) is 4.74 Å². The Labute approximate surface area is 105 Å². The molecular formula is C13H17NO4. The smallest absolute Gasteiger partial charge is 0.310 e. The first-order valence-corrected chi connectivity index (χ1v) is 6.54. The minimum atomic E-state index is -0.929. The Morgan fingerprint density at radius 3 is 2.28 bits per heavy atom. The lowest BCUT2D eigenvalue weighted by molar-refractivity contribution is -0.149. The van der Waals surface area contributed by atoms with Crippen LogP contribution in [0.4, 0.5) is 0 Å². The van der Waals surface area contributed by atoms with Crippen molar-refractivity contribution in [3.63, 3.8) is 0 Å². The first-order chi connectivity index (χ1) is 8.68. The number of fused-ring (bicyclic) bond motifs is 2. The molecule has 1 N–H and O–H groups in total. The number of carbonyl (C=O) groups excluding carboxylic acids is 1. The molecule has 4 atom stereocenters. The summed E-state index contributed by atoms with van der Waals surface area (Å²) in [5.74, 6) is -2.22. The fraction of sp³-hybridized carbons (Fsp3) is 0.692. The summed E-state index contributed by atoms with van der Waals surface area (Å²) in [5, 5.41) is 9.27. The Kier molecular flexibility index (Phi) is 2.86. The zero-order chi connectivity index (χ0) is 12.7. The summed E-state index contributed by atoms with van der Waals surface area (Å²) in [7, 11) is 0. The monoisotopic (exact) mass is 251 g/mol. The molecule has 18 heavy (non-hydrogen) atoms. The third-order valence-corrected chi connectivity index (χ3v) is 4.14. The standard InChI is InChI=1S/C13H17NO4/c15-12(14-6-2-1-3-7-14)10-8-4-5-9(18-8)11(10)13(16)17/h4-5,8-11H,1-3,6-7H2,(H,16,17)/t8-,9-,10+,11+/m1/s1. The summed E-state index contributed by atoms with van der Waals surface area (Å²) in [5.41, 5.74) is 0. The molecule has 5 heteroatoms. The van der Waals surface area contributed by atoms with Gasteiger partial charge in [0, 0.05) is 13.1 Å². The van der Waals surface area contributed by atoms with E-state index in [1.165, 1.54) is 0 Å². The van der Waals surface area contributed by atoms with Crippen molar-refractivity contribution in [3.8, 4) is 0 Å². The molecule has 3 rings (SSSR count). The van der Waals surface area contributed by atoms with Crippen LogP contribution in [0.3, 0.4) is 0 Å². The average molecular weight is 251 g/mol. The summed E-state index contributed by atoms with van der Waals surface area (Å²) in [6, 6.07) is 0. The van der Waals surface area contributed by atoms with Gasteiger partial charge in [-0.05, 0) is 19.3 Å². The maximum absolute atomic E-state index is 12.5. The van der Waals surface area contributed by atoms with Crippen molar-refractivity contribution < 1.29 is 19.4 Å². The fourth-order valence-electron chi connectivity index (χ4n) is 3.22. The average Bonchev–Trinajstić information content (AvgIpc) is 2.99. The molecular weight excluding hydrogens is 234 g/mol. The minimum absolute atomic E-state index is 0.0426. The van der Waals surface area contributed by atoms with Gasteiger partial charge in [-0.25, -0.2) is 0 Å². The summed E-state index contributed by atoms with van der Waals surface area (Å²) < 4.78 is 5.53. The molecule has 2 fully saturated rings. The van der Waals surface area contributed by atoms with E-state index >= 15 is 0 Å². The van der Waals surface area contributed by atoms with Gasteiger partial charge in [-0.2, -0.15) is 0 Å². The Balaban J connectivity index is 1.79. The van der Waals surface area contributed by atoms with E-state index in [0.29, 0.717) is 0 Å². The van der Waals surface area contributed by atoms with Crippen molar-refractivity contribution in [1.29, 1.82) is 0 Å². The molecule has 0 aromatic rings. The second-order valence-electron chi connectivity index (χ2n) is 5.23. The molecule has 2 saturated heterocycles. The number of likely N-dealkylation sites (tertiary alicyclic amines) is 1. The van der Waals surface area contributed by atoms with E-state index in [1.807, 2.05) is 11.0 Å².